The van der Waals surface area contributed by atoms with E-state index in [0.29, 0.717) is 23.1 Å². The first kappa shape index (κ1) is 17.4. The Morgan fingerprint density at radius 3 is 2.71 bits per heavy atom. The summed E-state index contributed by atoms with van der Waals surface area (Å²) in [5.41, 5.74) is 0.872. The number of hydrogen-bond donors (Lipinski definition) is 0. The van der Waals surface area contributed by atoms with Crippen LogP contribution in [0.15, 0.2) is 30.3 Å². The van der Waals surface area contributed by atoms with Crippen molar-refractivity contribution in [2.75, 3.05) is 10.7 Å². The Morgan fingerprint density at radius 1 is 1.33 bits per heavy atom. The second-order valence-corrected chi connectivity index (χ2v) is 8.30. The SMILES string of the molecule is CC(C)[C@H]1CSC(=S)N1C(=O)C[C@@H]1CCC(=O)N1c1ccccc1. The van der Waals surface area contributed by atoms with Crippen molar-refractivity contribution in [3.8, 4) is 0 Å². The van der Waals surface area contributed by atoms with E-state index in [4.69, 9.17) is 12.2 Å². The van der Waals surface area contributed by atoms with Gasteiger partial charge >= 0.3 is 0 Å². The van der Waals surface area contributed by atoms with Gasteiger partial charge in [-0.05, 0) is 24.5 Å². The minimum atomic E-state index is -0.0754. The maximum atomic E-state index is 12.9. The first-order chi connectivity index (χ1) is 11.5. The number of hydrogen-bond acceptors (Lipinski definition) is 4. The summed E-state index contributed by atoms with van der Waals surface area (Å²) < 4.78 is 0.675. The van der Waals surface area contributed by atoms with Crippen molar-refractivity contribution in [3.63, 3.8) is 0 Å². The number of para-hydroxylation sites is 1. The van der Waals surface area contributed by atoms with E-state index in [1.165, 1.54) is 0 Å². The fraction of sp³-hybridized carbons (Fsp3) is 0.500. The van der Waals surface area contributed by atoms with Crippen LogP contribution >= 0.6 is 24.0 Å². The molecule has 0 spiro atoms. The van der Waals surface area contributed by atoms with Crippen LogP contribution in [-0.4, -0.2) is 38.9 Å². The molecule has 4 nitrogen and oxygen atoms in total. The monoisotopic (exact) mass is 362 g/mol. The summed E-state index contributed by atoms with van der Waals surface area (Å²) in [6.07, 6.45) is 1.56. The topological polar surface area (TPSA) is 40.6 Å². The Labute approximate surface area is 152 Å². The smallest absolute Gasteiger partial charge is 0.230 e. The van der Waals surface area contributed by atoms with E-state index in [1.807, 2.05) is 30.3 Å². The molecule has 128 valence electrons. The summed E-state index contributed by atoms with van der Waals surface area (Å²) in [7, 11) is 0. The second kappa shape index (κ2) is 7.23. The molecule has 0 saturated carbocycles. The van der Waals surface area contributed by atoms with Crippen LogP contribution in [0.5, 0.6) is 0 Å². The minimum Gasteiger partial charge on any atom is -0.309 e. The third-order valence-corrected chi connectivity index (χ3v) is 6.22. The van der Waals surface area contributed by atoms with Gasteiger partial charge < -0.3 is 4.90 Å². The minimum absolute atomic E-state index is 0.0457. The predicted molar refractivity (Wildman–Crippen MR) is 102 cm³/mol. The van der Waals surface area contributed by atoms with E-state index in [1.54, 1.807) is 21.6 Å². The summed E-state index contributed by atoms with van der Waals surface area (Å²) in [6, 6.07) is 9.70. The van der Waals surface area contributed by atoms with Gasteiger partial charge in [-0.25, -0.2) is 0 Å². The number of carbonyl (C=O) groups excluding carboxylic acids is 2. The number of anilines is 1. The molecular weight excluding hydrogens is 340 g/mol. The van der Waals surface area contributed by atoms with Gasteiger partial charge in [-0.15, -0.1) is 0 Å². The summed E-state index contributed by atoms with van der Waals surface area (Å²) in [4.78, 5) is 28.8. The molecule has 2 saturated heterocycles. The molecule has 3 rings (SSSR count). The molecule has 6 heteroatoms. The second-order valence-electron chi connectivity index (χ2n) is 6.65. The third-order valence-electron chi connectivity index (χ3n) is 4.71. The number of thiocarbonyl (C=S) groups is 1. The van der Waals surface area contributed by atoms with Crippen molar-refractivity contribution < 1.29 is 9.59 Å². The molecule has 1 aromatic carbocycles. The van der Waals surface area contributed by atoms with Gasteiger partial charge in [-0.2, -0.15) is 0 Å². The highest BCUT2D eigenvalue weighted by Gasteiger charge is 2.39. The van der Waals surface area contributed by atoms with Crippen LogP contribution in [-0.2, 0) is 9.59 Å². The van der Waals surface area contributed by atoms with E-state index < -0.39 is 0 Å². The maximum Gasteiger partial charge on any atom is 0.230 e. The molecule has 2 heterocycles. The molecule has 0 aliphatic carbocycles. The molecule has 2 fully saturated rings. The molecule has 1 aromatic rings. The molecule has 0 N–H and O–H groups in total. The van der Waals surface area contributed by atoms with E-state index in [0.717, 1.165) is 17.9 Å². The van der Waals surface area contributed by atoms with Gasteiger partial charge in [0.2, 0.25) is 11.8 Å². The van der Waals surface area contributed by atoms with Crippen molar-refractivity contribution in [1.82, 2.24) is 4.90 Å². The fourth-order valence-corrected chi connectivity index (χ4v) is 5.06. The quantitative estimate of drug-likeness (QED) is 0.769. The van der Waals surface area contributed by atoms with Crippen molar-refractivity contribution in [2.45, 2.75) is 45.2 Å². The van der Waals surface area contributed by atoms with Gasteiger partial charge in [0.25, 0.3) is 0 Å². The highest BCUT2D eigenvalue weighted by Crippen LogP contribution is 2.32. The Kier molecular flexibility index (Phi) is 5.25. The molecule has 0 aromatic heterocycles. The van der Waals surface area contributed by atoms with Gasteiger partial charge in [-0.3, -0.25) is 14.5 Å². The van der Waals surface area contributed by atoms with Crippen LogP contribution in [0, 0.1) is 5.92 Å². The standard InChI is InChI=1S/C18H22N2O2S2/c1-12(2)15-11-24-18(23)20(15)17(22)10-14-8-9-16(21)19(14)13-6-4-3-5-7-13/h3-7,12,14-15H,8-11H2,1-2H3/t14-,15+/m0/s1. The molecule has 0 bridgehead atoms. The number of rotatable bonds is 4. The van der Waals surface area contributed by atoms with E-state index in [2.05, 4.69) is 13.8 Å². The molecule has 0 unspecified atom stereocenters. The van der Waals surface area contributed by atoms with Crippen LogP contribution in [0.1, 0.15) is 33.1 Å². The van der Waals surface area contributed by atoms with Gasteiger partial charge in [0, 0.05) is 36.4 Å². The summed E-state index contributed by atoms with van der Waals surface area (Å²) in [5.74, 6) is 1.38. The van der Waals surface area contributed by atoms with E-state index in [-0.39, 0.29) is 23.9 Å². The lowest BCUT2D eigenvalue weighted by Crippen LogP contribution is -2.44. The first-order valence-corrected chi connectivity index (χ1v) is 9.74. The molecule has 0 radical (unpaired) electrons. The largest absolute Gasteiger partial charge is 0.309 e. The Morgan fingerprint density at radius 2 is 2.04 bits per heavy atom. The number of carbonyl (C=O) groups is 2. The Bertz CT molecular complexity index is 648. The van der Waals surface area contributed by atoms with Gasteiger partial charge in [0.15, 0.2) is 0 Å². The van der Waals surface area contributed by atoms with Crippen molar-refractivity contribution in [3.05, 3.63) is 30.3 Å². The highest BCUT2D eigenvalue weighted by molar-refractivity contribution is 8.23. The zero-order valence-electron chi connectivity index (χ0n) is 14.0. The first-order valence-electron chi connectivity index (χ1n) is 8.35. The van der Waals surface area contributed by atoms with Crippen LogP contribution < -0.4 is 4.90 Å². The third kappa shape index (κ3) is 3.35. The number of thioether (sulfide) groups is 1. The number of amides is 2. The summed E-state index contributed by atoms with van der Waals surface area (Å²) >= 11 is 6.97. The summed E-state index contributed by atoms with van der Waals surface area (Å²) in [6.45, 7) is 4.24. The molecule has 2 aliphatic heterocycles. The zero-order valence-corrected chi connectivity index (χ0v) is 15.6. The maximum absolute atomic E-state index is 12.9. The Balaban J connectivity index is 1.76. The lowest BCUT2D eigenvalue weighted by molar-refractivity contribution is -0.129. The average Bonchev–Trinajstić information content (AvgIpc) is 3.11. The number of benzene rings is 1. The summed E-state index contributed by atoms with van der Waals surface area (Å²) in [5, 5.41) is 0. The van der Waals surface area contributed by atoms with Crippen molar-refractivity contribution in [1.29, 1.82) is 0 Å². The molecule has 2 amide bonds. The molecule has 24 heavy (non-hydrogen) atoms. The Hall–Kier alpha value is -1.40. The zero-order chi connectivity index (χ0) is 17.3. The van der Waals surface area contributed by atoms with Crippen LogP contribution in [0.3, 0.4) is 0 Å². The van der Waals surface area contributed by atoms with E-state index >= 15 is 0 Å². The van der Waals surface area contributed by atoms with Crippen molar-refractivity contribution >= 4 is 45.8 Å². The molecule has 2 atom stereocenters. The molecular formula is C18H22N2O2S2. The van der Waals surface area contributed by atoms with Crippen LogP contribution in [0.4, 0.5) is 5.69 Å². The lowest BCUT2D eigenvalue weighted by atomic mass is 10.0. The van der Waals surface area contributed by atoms with Gasteiger partial charge in [0.05, 0.1) is 0 Å². The number of nitrogens with zero attached hydrogens (tertiary/aromatic N) is 2. The highest BCUT2D eigenvalue weighted by atomic mass is 32.2. The molecule has 2 aliphatic rings. The van der Waals surface area contributed by atoms with Crippen LogP contribution in [0.25, 0.3) is 0 Å². The normalized spacial score (nSPS) is 24.3. The lowest BCUT2D eigenvalue weighted by Gasteiger charge is -2.30. The van der Waals surface area contributed by atoms with Crippen molar-refractivity contribution in [2.24, 2.45) is 5.92 Å². The van der Waals surface area contributed by atoms with Gasteiger partial charge in [-0.1, -0.05) is 56.0 Å². The predicted octanol–water partition coefficient (Wildman–Crippen LogP) is 3.46. The van der Waals surface area contributed by atoms with Crippen LogP contribution in [0.2, 0.25) is 0 Å². The average molecular weight is 363 g/mol. The van der Waals surface area contributed by atoms with Gasteiger partial charge in [0.1, 0.15) is 4.32 Å². The fourth-order valence-electron chi connectivity index (χ4n) is 3.39. The van der Waals surface area contributed by atoms with E-state index in [9.17, 15) is 9.59 Å².